The van der Waals surface area contributed by atoms with Crippen LogP contribution in [0.25, 0.3) is 0 Å². The smallest absolute Gasteiger partial charge is 0.315 e. The molecular formula is C17H17NO2. The molecule has 3 nitrogen and oxygen atoms in total. The van der Waals surface area contributed by atoms with Gasteiger partial charge < -0.3 is 10.1 Å². The van der Waals surface area contributed by atoms with Crippen molar-refractivity contribution in [1.82, 2.24) is 0 Å². The van der Waals surface area contributed by atoms with Crippen LogP contribution in [0.5, 0.6) is 0 Å². The summed E-state index contributed by atoms with van der Waals surface area (Å²) in [4.78, 5) is 12.3. The predicted octanol–water partition coefficient (Wildman–Crippen LogP) is 3.50. The second kappa shape index (κ2) is 5.37. The maximum atomic E-state index is 12.3. The second-order valence-electron chi connectivity index (χ2n) is 4.85. The molecular weight excluding hydrogens is 250 g/mol. The first-order valence-corrected chi connectivity index (χ1v) is 6.88. The normalized spacial score (nSPS) is 20.1. The van der Waals surface area contributed by atoms with Crippen LogP contribution >= 0.6 is 0 Å². The highest BCUT2D eigenvalue weighted by atomic mass is 16.5. The van der Waals surface area contributed by atoms with Crippen LogP contribution in [0.1, 0.15) is 30.0 Å². The van der Waals surface area contributed by atoms with Crippen LogP contribution in [0.4, 0.5) is 5.69 Å². The summed E-state index contributed by atoms with van der Waals surface area (Å²) in [6.07, 6.45) is 0. The lowest BCUT2D eigenvalue weighted by Crippen LogP contribution is -2.21. The van der Waals surface area contributed by atoms with Gasteiger partial charge in [0.1, 0.15) is 5.92 Å². The average molecular weight is 267 g/mol. The van der Waals surface area contributed by atoms with E-state index in [1.54, 1.807) is 0 Å². The maximum Gasteiger partial charge on any atom is 0.315 e. The van der Waals surface area contributed by atoms with Crippen molar-refractivity contribution in [1.29, 1.82) is 0 Å². The largest absolute Gasteiger partial charge is 0.465 e. The Morgan fingerprint density at radius 3 is 2.55 bits per heavy atom. The molecule has 1 N–H and O–H groups in total. The fraction of sp³-hybridized carbons (Fsp3) is 0.235. The molecule has 0 aliphatic carbocycles. The van der Waals surface area contributed by atoms with Gasteiger partial charge in [-0.15, -0.1) is 0 Å². The number of para-hydroxylation sites is 1. The summed E-state index contributed by atoms with van der Waals surface area (Å²) in [6, 6.07) is 17.9. The Kier molecular flexibility index (Phi) is 3.42. The van der Waals surface area contributed by atoms with E-state index in [9.17, 15) is 4.79 Å². The first kappa shape index (κ1) is 12.7. The van der Waals surface area contributed by atoms with Crippen LogP contribution in [-0.4, -0.2) is 12.6 Å². The van der Waals surface area contributed by atoms with Crippen molar-refractivity contribution in [2.45, 2.75) is 18.9 Å². The third kappa shape index (κ3) is 2.16. The van der Waals surface area contributed by atoms with Gasteiger partial charge in [-0.05, 0) is 24.1 Å². The summed E-state index contributed by atoms with van der Waals surface area (Å²) in [7, 11) is 0. The number of ether oxygens (including phenoxy) is 1. The minimum absolute atomic E-state index is 0.0624. The van der Waals surface area contributed by atoms with Gasteiger partial charge in [-0.3, -0.25) is 4.79 Å². The molecule has 0 spiro atoms. The molecule has 102 valence electrons. The quantitative estimate of drug-likeness (QED) is 0.865. The fourth-order valence-electron chi connectivity index (χ4n) is 2.76. The predicted molar refractivity (Wildman–Crippen MR) is 78.6 cm³/mol. The Bertz CT molecular complexity index is 609. The Balaban J connectivity index is 2.01. The number of rotatable bonds is 3. The molecule has 0 aromatic heterocycles. The highest BCUT2D eigenvalue weighted by molar-refractivity contribution is 5.85. The topological polar surface area (TPSA) is 38.3 Å². The summed E-state index contributed by atoms with van der Waals surface area (Å²) in [6.45, 7) is 2.24. The number of esters is 1. The summed E-state index contributed by atoms with van der Waals surface area (Å²) < 4.78 is 5.26. The molecule has 1 heterocycles. The third-order valence-electron chi connectivity index (χ3n) is 3.64. The zero-order valence-electron chi connectivity index (χ0n) is 11.4. The van der Waals surface area contributed by atoms with E-state index in [1.165, 1.54) is 0 Å². The first-order valence-electron chi connectivity index (χ1n) is 6.88. The van der Waals surface area contributed by atoms with E-state index in [0.29, 0.717) is 6.61 Å². The van der Waals surface area contributed by atoms with E-state index < -0.39 is 0 Å². The van der Waals surface area contributed by atoms with Crippen LogP contribution in [0.3, 0.4) is 0 Å². The number of hydrogen-bond acceptors (Lipinski definition) is 3. The van der Waals surface area contributed by atoms with Crippen LogP contribution in [0.15, 0.2) is 54.6 Å². The lowest BCUT2D eigenvalue weighted by Gasteiger charge is -2.19. The van der Waals surface area contributed by atoms with Crippen molar-refractivity contribution in [3.8, 4) is 0 Å². The Hall–Kier alpha value is -2.29. The van der Waals surface area contributed by atoms with Gasteiger partial charge in [-0.1, -0.05) is 48.5 Å². The van der Waals surface area contributed by atoms with Gasteiger partial charge in [0.05, 0.1) is 12.6 Å². The van der Waals surface area contributed by atoms with Crippen molar-refractivity contribution in [2.24, 2.45) is 0 Å². The summed E-state index contributed by atoms with van der Waals surface area (Å²) in [5.74, 6) is -0.452. The molecule has 0 bridgehead atoms. The molecule has 1 aliphatic rings. The molecule has 0 radical (unpaired) electrons. The van der Waals surface area contributed by atoms with Crippen molar-refractivity contribution in [3.63, 3.8) is 0 Å². The van der Waals surface area contributed by atoms with Gasteiger partial charge >= 0.3 is 5.97 Å². The van der Waals surface area contributed by atoms with Gasteiger partial charge in [0.15, 0.2) is 0 Å². The monoisotopic (exact) mass is 267 g/mol. The third-order valence-corrected chi connectivity index (χ3v) is 3.64. The zero-order valence-corrected chi connectivity index (χ0v) is 11.4. The zero-order chi connectivity index (χ0) is 13.9. The molecule has 2 aromatic carbocycles. The SMILES string of the molecule is CCOC(=O)[C@H]1c2ccccc2N[C@H]1c1ccccc1. The lowest BCUT2D eigenvalue weighted by molar-refractivity contribution is -0.145. The summed E-state index contributed by atoms with van der Waals surface area (Å²) in [5, 5.41) is 3.44. The van der Waals surface area contributed by atoms with Crippen molar-refractivity contribution < 1.29 is 9.53 Å². The first-order chi connectivity index (χ1) is 9.81. The molecule has 0 amide bonds. The number of nitrogens with one attached hydrogen (secondary N) is 1. The Labute approximate surface area is 118 Å². The molecule has 3 heteroatoms. The average Bonchev–Trinajstić information content (AvgIpc) is 2.88. The number of anilines is 1. The number of carbonyl (C=O) groups is 1. The minimum atomic E-state index is -0.284. The summed E-state index contributed by atoms with van der Waals surface area (Å²) >= 11 is 0. The molecule has 0 unspecified atom stereocenters. The van der Waals surface area contributed by atoms with E-state index in [-0.39, 0.29) is 17.9 Å². The molecule has 2 aromatic rings. The molecule has 0 fully saturated rings. The minimum Gasteiger partial charge on any atom is -0.465 e. The van der Waals surface area contributed by atoms with Gasteiger partial charge in [-0.25, -0.2) is 0 Å². The van der Waals surface area contributed by atoms with E-state index in [2.05, 4.69) is 5.32 Å². The fourth-order valence-corrected chi connectivity index (χ4v) is 2.76. The van der Waals surface area contributed by atoms with Gasteiger partial charge in [-0.2, -0.15) is 0 Å². The van der Waals surface area contributed by atoms with E-state index in [1.807, 2.05) is 61.5 Å². The van der Waals surface area contributed by atoms with Crippen LogP contribution in [0.2, 0.25) is 0 Å². The van der Waals surface area contributed by atoms with Crippen LogP contribution in [-0.2, 0) is 9.53 Å². The molecule has 20 heavy (non-hydrogen) atoms. The number of fused-ring (bicyclic) bond motifs is 1. The number of benzene rings is 2. The van der Waals surface area contributed by atoms with Crippen molar-refractivity contribution >= 4 is 11.7 Å². The standard InChI is InChI=1S/C17H17NO2/c1-2-20-17(19)15-13-10-6-7-11-14(13)18-16(15)12-8-4-3-5-9-12/h3-11,15-16,18H,2H2,1H3/t15-,16-/m0/s1. The van der Waals surface area contributed by atoms with E-state index in [0.717, 1.165) is 16.8 Å². The second-order valence-corrected chi connectivity index (χ2v) is 4.85. The Morgan fingerprint density at radius 2 is 1.80 bits per heavy atom. The van der Waals surface area contributed by atoms with Crippen molar-refractivity contribution in [2.75, 3.05) is 11.9 Å². The Morgan fingerprint density at radius 1 is 1.10 bits per heavy atom. The highest BCUT2D eigenvalue weighted by Gasteiger charge is 2.38. The lowest BCUT2D eigenvalue weighted by atomic mass is 9.90. The van der Waals surface area contributed by atoms with Gasteiger partial charge in [0.25, 0.3) is 0 Å². The van der Waals surface area contributed by atoms with Gasteiger partial charge in [0, 0.05) is 5.69 Å². The van der Waals surface area contributed by atoms with Gasteiger partial charge in [0.2, 0.25) is 0 Å². The van der Waals surface area contributed by atoms with E-state index in [4.69, 9.17) is 4.74 Å². The molecule has 2 atom stereocenters. The maximum absolute atomic E-state index is 12.3. The van der Waals surface area contributed by atoms with Crippen LogP contribution in [0, 0.1) is 0 Å². The molecule has 0 saturated carbocycles. The highest BCUT2D eigenvalue weighted by Crippen LogP contribution is 2.44. The summed E-state index contributed by atoms with van der Waals surface area (Å²) in [5.41, 5.74) is 3.13. The number of hydrogen-bond donors (Lipinski definition) is 1. The molecule has 1 aliphatic heterocycles. The van der Waals surface area contributed by atoms with Crippen molar-refractivity contribution in [3.05, 3.63) is 65.7 Å². The molecule has 0 saturated heterocycles. The van der Waals surface area contributed by atoms with E-state index >= 15 is 0 Å². The van der Waals surface area contributed by atoms with Crippen LogP contribution < -0.4 is 5.32 Å². The molecule has 3 rings (SSSR count). The number of carbonyl (C=O) groups excluding carboxylic acids is 1.